The van der Waals surface area contributed by atoms with Gasteiger partial charge < -0.3 is 14.2 Å². The summed E-state index contributed by atoms with van der Waals surface area (Å²) in [4.78, 5) is 25.0. The maximum Gasteiger partial charge on any atom is 0.338 e. The molecule has 0 amide bonds. The Morgan fingerprint density at radius 2 is 1.45 bits per heavy atom. The number of carbonyl (C=O) groups excluding carboxylic acids is 2. The molecule has 0 radical (unpaired) electrons. The van der Waals surface area contributed by atoms with Gasteiger partial charge in [0, 0.05) is 5.92 Å². The standard InChI is InChI=1S/C23H26O5S/c1-15-16(2)23(29-3)27-19(14-26-21(24)17-10-6-4-7-11-17)20(15)28-22(25)18-12-8-5-9-13-18/h4-13,15-16,19-20,23H,14H2,1-3H3/t15-,16+,19+,20?,23?/m0/s1. The van der Waals surface area contributed by atoms with Crippen LogP contribution < -0.4 is 0 Å². The molecule has 5 atom stereocenters. The summed E-state index contributed by atoms with van der Waals surface area (Å²) in [6.45, 7) is 4.15. The Kier molecular flexibility index (Phi) is 7.34. The molecule has 154 valence electrons. The van der Waals surface area contributed by atoms with E-state index >= 15 is 0 Å². The summed E-state index contributed by atoms with van der Waals surface area (Å²) in [6.07, 6.45) is 0.945. The smallest absolute Gasteiger partial charge is 0.338 e. The minimum atomic E-state index is -0.529. The maximum atomic E-state index is 12.6. The molecule has 3 rings (SSSR count). The summed E-state index contributed by atoms with van der Waals surface area (Å²) in [6, 6.07) is 17.7. The third-order valence-corrected chi connectivity index (χ3v) is 6.33. The third kappa shape index (κ3) is 5.19. The highest BCUT2D eigenvalue weighted by atomic mass is 32.2. The van der Waals surface area contributed by atoms with Gasteiger partial charge in [-0.1, -0.05) is 50.2 Å². The largest absolute Gasteiger partial charge is 0.459 e. The Labute approximate surface area is 175 Å². The fraction of sp³-hybridized carbons (Fsp3) is 0.391. The molecule has 1 heterocycles. The summed E-state index contributed by atoms with van der Waals surface area (Å²) in [5, 5.41) is 0. The zero-order valence-electron chi connectivity index (χ0n) is 16.8. The van der Waals surface area contributed by atoms with Gasteiger partial charge in [-0.3, -0.25) is 0 Å². The van der Waals surface area contributed by atoms with Crippen LogP contribution in [0, 0.1) is 11.8 Å². The van der Waals surface area contributed by atoms with Gasteiger partial charge in [-0.05, 0) is 36.4 Å². The SMILES string of the molecule is CSC1O[C@H](COC(=O)c2ccccc2)C(OC(=O)c2ccccc2)[C@@H](C)[C@H]1C. The second kappa shape index (κ2) is 9.94. The van der Waals surface area contributed by atoms with Crippen molar-refractivity contribution in [2.75, 3.05) is 12.9 Å². The summed E-state index contributed by atoms with van der Waals surface area (Å²) < 4.78 is 17.5. The highest BCUT2D eigenvalue weighted by Crippen LogP contribution is 2.37. The highest BCUT2D eigenvalue weighted by Gasteiger charge is 2.44. The van der Waals surface area contributed by atoms with E-state index in [-0.39, 0.29) is 23.9 Å². The van der Waals surface area contributed by atoms with Crippen LogP contribution in [0.3, 0.4) is 0 Å². The summed E-state index contributed by atoms with van der Waals surface area (Å²) in [5.74, 6) is -0.594. The molecule has 0 aromatic heterocycles. The lowest BCUT2D eigenvalue weighted by Gasteiger charge is -2.43. The van der Waals surface area contributed by atoms with Crippen LogP contribution in [0.25, 0.3) is 0 Å². The lowest BCUT2D eigenvalue weighted by molar-refractivity contribution is -0.155. The van der Waals surface area contributed by atoms with E-state index < -0.39 is 24.1 Å². The molecule has 6 heteroatoms. The zero-order valence-corrected chi connectivity index (χ0v) is 17.6. The number of carbonyl (C=O) groups is 2. The van der Waals surface area contributed by atoms with E-state index in [1.807, 2.05) is 25.3 Å². The monoisotopic (exact) mass is 414 g/mol. The van der Waals surface area contributed by atoms with Crippen LogP contribution in [0.15, 0.2) is 60.7 Å². The molecular weight excluding hydrogens is 388 g/mol. The van der Waals surface area contributed by atoms with Crippen molar-refractivity contribution in [1.82, 2.24) is 0 Å². The van der Waals surface area contributed by atoms with Crippen molar-refractivity contribution in [3.8, 4) is 0 Å². The van der Waals surface area contributed by atoms with Gasteiger partial charge in [-0.25, -0.2) is 9.59 Å². The van der Waals surface area contributed by atoms with Crippen molar-refractivity contribution in [2.45, 2.75) is 31.5 Å². The molecular formula is C23H26O5S. The molecule has 1 fully saturated rings. The Bertz CT molecular complexity index is 811. The van der Waals surface area contributed by atoms with Crippen LogP contribution in [-0.2, 0) is 14.2 Å². The van der Waals surface area contributed by atoms with Gasteiger partial charge in [0.2, 0.25) is 0 Å². The quantitative estimate of drug-likeness (QED) is 0.652. The predicted octanol–water partition coefficient (Wildman–Crippen LogP) is 4.43. The average molecular weight is 415 g/mol. The van der Waals surface area contributed by atoms with E-state index in [1.165, 1.54) is 0 Å². The minimum absolute atomic E-state index is 0.0224. The Morgan fingerprint density at radius 1 is 0.897 bits per heavy atom. The Morgan fingerprint density at radius 3 is 2.00 bits per heavy atom. The van der Waals surface area contributed by atoms with Crippen LogP contribution in [0.2, 0.25) is 0 Å². The molecule has 29 heavy (non-hydrogen) atoms. The molecule has 1 saturated heterocycles. The van der Waals surface area contributed by atoms with Crippen molar-refractivity contribution in [3.63, 3.8) is 0 Å². The number of hydrogen-bond acceptors (Lipinski definition) is 6. The van der Waals surface area contributed by atoms with Gasteiger partial charge in [0.1, 0.15) is 24.3 Å². The van der Waals surface area contributed by atoms with E-state index in [9.17, 15) is 9.59 Å². The van der Waals surface area contributed by atoms with E-state index in [4.69, 9.17) is 14.2 Å². The first-order valence-corrected chi connectivity index (χ1v) is 11.0. The van der Waals surface area contributed by atoms with Gasteiger partial charge in [0.15, 0.2) is 0 Å². The molecule has 0 aliphatic carbocycles. The zero-order chi connectivity index (χ0) is 20.8. The number of thioether (sulfide) groups is 1. The number of rotatable bonds is 6. The average Bonchev–Trinajstić information content (AvgIpc) is 2.77. The summed E-state index contributed by atoms with van der Waals surface area (Å²) in [7, 11) is 0. The Balaban J connectivity index is 1.73. The lowest BCUT2D eigenvalue weighted by Crippen LogP contribution is -2.52. The van der Waals surface area contributed by atoms with Crippen molar-refractivity contribution in [1.29, 1.82) is 0 Å². The van der Waals surface area contributed by atoms with Gasteiger partial charge in [0.25, 0.3) is 0 Å². The topological polar surface area (TPSA) is 61.8 Å². The van der Waals surface area contributed by atoms with Gasteiger partial charge >= 0.3 is 11.9 Å². The summed E-state index contributed by atoms with van der Waals surface area (Å²) >= 11 is 1.61. The Hall–Kier alpha value is -2.31. The molecule has 0 N–H and O–H groups in total. The fourth-order valence-corrected chi connectivity index (χ4v) is 4.36. The summed E-state index contributed by atoms with van der Waals surface area (Å²) in [5.41, 5.74) is 0.903. The second-order valence-electron chi connectivity index (χ2n) is 7.20. The first kappa shape index (κ1) is 21.4. The van der Waals surface area contributed by atoms with Gasteiger partial charge in [-0.2, -0.15) is 0 Å². The van der Waals surface area contributed by atoms with Crippen molar-refractivity contribution < 1.29 is 23.8 Å². The van der Waals surface area contributed by atoms with Crippen molar-refractivity contribution in [2.24, 2.45) is 11.8 Å². The normalized spacial score (nSPS) is 26.5. The van der Waals surface area contributed by atoms with Crippen LogP contribution >= 0.6 is 11.8 Å². The number of ether oxygens (including phenoxy) is 3. The molecule has 0 spiro atoms. The molecule has 2 unspecified atom stereocenters. The van der Waals surface area contributed by atoms with E-state index in [1.54, 1.807) is 60.3 Å². The van der Waals surface area contributed by atoms with Crippen LogP contribution in [0.4, 0.5) is 0 Å². The van der Waals surface area contributed by atoms with E-state index in [0.29, 0.717) is 11.1 Å². The van der Waals surface area contributed by atoms with Gasteiger partial charge in [0.05, 0.1) is 11.1 Å². The first-order valence-electron chi connectivity index (χ1n) is 9.67. The predicted molar refractivity (Wildman–Crippen MR) is 113 cm³/mol. The number of hydrogen-bond donors (Lipinski definition) is 0. The number of esters is 2. The third-order valence-electron chi connectivity index (χ3n) is 5.33. The highest BCUT2D eigenvalue weighted by molar-refractivity contribution is 7.99. The molecule has 2 aromatic rings. The fourth-order valence-electron chi connectivity index (χ4n) is 3.43. The molecule has 0 bridgehead atoms. The maximum absolute atomic E-state index is 12.6. The van der Waals surface area contributed by atoms with Crippen molar-refractivity contribution >= 4 is 23.7 Å². The first-order chi connectivity index (χ1) is 14.0. The second-order valence-corrected chi connectivity index (χ2v) is 8.13. The van der Waals surface area contributed by atoms with Crippen LogP contribution in [-0.4, -0.2) is 42.4 Å². The van der Waals surface area contributed by atoms with Gasteiger partial charge in [-0.15, -0.1) is 11.8 Å². The van der Waals surface area contributed by atoms with Crippen LogP contribution in [0.5, 0.6) is 0 Å². The minimum Gasteiger partial charge on any atom is -0.459 e. The van der Waals surface area contributed by atoms with E-state index in [2.05, 4.69) is 6.92 Å². The molecule has 2 aromatic carbocycles. The molecule has 1 aliphatic heterocycles. The van der Waals surface area contributed by atoms with Crippen LogP contribution in [0.1, 0.15) is 34.6 Å². The van der Waals surface area contributed by atoms with E-state index in [0.717, 1.165) is 0 Å². The molecule has 0 saturated carbocycles. The molecule has 5 nitrogen and oxygen atoms in total. The molecule has 1 aliphatic rings. The van der Waals surface area contributed by atoms with Crippen molar-refractivity contribution in [3.05, 3.63) is 71.8 Å². The lowest BCUT2D eigenvalue weighted by atomic mass is 9.85. The number of benzene rings is 2.